The molecule has 12 heteroatoms. The number of allylic oxidation sites excluding steroid dienone is 2. The third-order valence-electron chi connectivity index (χ3n) is 7.01. The van der Waals surface area contributed by atoms with Gasteiger partial charge in [-0.3, -0.25) is 9.52 Å². The van der Waals surface area contributed by atoms with Crippen molar-refractivity contribution in [2.45, 2.75) is 23.9 Å². The maximum absolute atomic E-state index is 13.4. The van der Waals surface area contributed by atoms with Crippen molar-refractivity contribution in [3.8, 4) is 16.9 Å². The average molecular weight is 624 g/mol. The predicted molar refractivity (Wildman–Crippen MR) is 162 cm³/mol. The molecule has 5 rings (SSSR count). The van der Waals surface area contributed by atoms with E-state index in [0.717, 1.165) is 17.7 Å². The zero-order chi connectivity index (χ0) is 31.5. The Morgan fingerprint density at radius 3 is 2.39 bits per heavy atom. The summed E-state index contributed by atoms with van der Waals surface area (Å²) in [6.45, 7) is 0.167. The molecule has 0 bridgehead atoms. The van der Waals surface area contributed by atoms with Crippen LogP contribution in [0.3, 0.4) is 0 Å². The molecule has 0 saturated heterocycles. The second-order valence-electron chi connectivity index (χ2n) is 10.2. The van der Waals surface area contributed by atoms with Crippen LogP contribution in [0.15, 0.2) is 97.1 Å². The molecule has 228 valence electrons. The Kier molecular flexibility index (Phi) is 8.75. The monoisotopic (exact) mass is 623 g/mol. The lowest BCUT2D eigenvalue weighted by atomic mass is 10.00. The number of aromatic hydroxyl groups is 1. The van der Waals surface area contributed by atoms with E-state index in [1.54, 1.807) is 30.4 Å². The molecule has 1 aliphatic carbocycles. The van der Waals surface area contributed by atoms with Crippen molar-refractivity contribution < 1.29 is 36.2 Å². The zero-order valence-corrected chi connectivity index (χ0v) is 24.2. The number of nitrogens with one attached hydrogen (secondary N) is 2. The van der Waals surface area contributed by atoms with Gasteiger partial charge in [0.2, 0.25) is 10.0 Å². The Morgan fingerprint density at radius 1 is 1.00 bits per heavy atom. The summed E-state index contributed by atoms with van der Waals surface area (Å²) >= 11 is 0. The standard InChI is InChI=1S/C32H28F3N3O5S/c1-43-19-24(15-20-9-12-25(39)13-10-20)36-31(40)30-18-29(38-44(41,42)26-7-2-3-8-26)27-17-22(11-14-28(27)37-30)21-5-4-6-23(16-21)32(33,34)35/h2-14,16-18,24,26,39H,15,19H2,1H3,(H,36,40)(H,37,38)/t24-/m0/s1. The SMILES string of the molecule is COC[C@H](Cc1ccc(O)cc1)NC(=O)c1cc(NS(=O)(=O)C2C=CC=C2)c2cc(-c3cccc(C(F)(F)F)c3)ccc2n1. The van der Waals surface area contributed by atoms with Gasteiger partial charge in [0, 0.05) is 12.5 Å². The number of sulfonamides is 1. The number of fused-ring (bicyclic) bond motifs is 1. The Balaban J connectivity index is 1.53. The third-order valence-corrected chi connectivity index (χ3v) is 8.54. The first kappa shape index (κ1) is 30.8. The van der Waals surface area contributed by atoms with Gasteiger partial charge in [-0.05, 0) is 65.6 Å². The van der Waals surface area contributed by atoms with Crippen LogP contribution in [0.25, 0.3) is 22.0 Å². The van der Waals surface area contributed by atoms with Gasteiger partial charge in [-0.1, -0.05) is 54.6 Å². The van der Waals surface area contributed by atoms with Crippen LogP contribution in [0.1, 0.15) is 21.6 Å². The van der Waals surface area contributed by atoms with Crippen LogP contribution >= 0.6 is 0 Å². The Morgan fingerprint density at radius 2 is 1.70 bits per heavy atom. The fourth-order valence-electron chi connectivity index (χ4n) is 4.85. The molecule has 4 aromatic rings. The summed E-state index contributed by atoms with van der Waals surface area (Å²) in [7, 11) is -2.51. The number of pyridine rings is 1. The molecule has 1 aromatic heterocycles. The summed E-state index contributed by atoms with van der Waals surface area (Å²) < 4.78 is 74.4. The second kappa shape index (κ2) is 12.5. The van der Waals surface area contributed by atoms with E-state index in [4.69, 9.17) is 4.74 Å². The van der Waals surface area contributed by atoms with Crippen molar-refractivity contribution in [3.05, 3.63) is 114 Å². The first-order valence-electron chi connectivity index (χ1n) is 13.5. The number of phenolic OH excluding ortho intramolecular Hbond substituents is 1. The van der Waals surface area contributed by atoms with Gasteiger partial charge in [0.05, 0.1) is 29.4 Å². The highest BCUT2D eigenvalue weighted by molar-refractivity contribution is 7.93. The van der Waals surface area contributed by atoms with Gasteiger partial charge < -0.3 is 15.2 Å². The Hall–Kier alpha value is -4.68. The topological polar surface area (TPSA) is 118 Å². The maximum Gasteiger partial charge on any atom is 0.416 e. The van der Waals surface area contributed by atoms with E-state index in [2.05, 4.69) is 15.0 Å². The fourth-order valence-corrected chi connectivity index (χ4v) is 6.06. The van der Waals surface area contributed by atoms with Crippen LogP contribution in [0.2, 0.25) is 0 Å². The number of halogens is 3. The lowest BCUT2D eigenvalue weighted by Crippen LogP contribution is -2.40. The van der Waals surface area contributed by atoms with Gasteiger partial charge in [0.25, 0.3) is 5.91 Å². The number of phenols is 1. The number of nitrogens with zero attached hydrogens (tertiary/aromatic N) is 1. The molecule has 1 amide bonds. The zero-order valence-electron chi connectivity index (χ0n) is 23.4. The van der Waals surface area contributed by atoms with Crippen molar-refractivity contribution in [3.63, 3.8) is 0 Å². The van der Waals surface area contributed by atoms with Gasteiger partial charge in [-0.2, -0.15) is 13.2 Å². The van der Waals surface area contributed by atoms with E-state index in [0.29, 0.717) is 17.4 Å². The van der Waals surface area contributed by atoms with Crippen LogP contribution in [-0.2, 0) is 27.4 Å². The molecule has 0 fully saturated rings. The second-order valence-corrected chi connectivity index (χ2v) is 12.1. The molecule has 1 heterocycles. The predicted octanol–water partition coefficient (Wildman–Crippen LogP) is 5.85. The lowest BCUT2D eigenvalue weighted by Gasteiger charge is -2.19. The first-order valence-corrected chi connectivity index (χ1v) is 15.0. The van der Waals surface area contributed by atoms with Gasteiger partial charge in [0.15, 0.2) is 0 Å². The Bertz CT molecular complexity index is 1840. The maximum atomic E-state index is 13.4. The van der Waals surface area contributed by atoms with Crippen LogP contribution in [0.4, 0.5) is 18.9 Å². The first-order chi connectivity index (χ1) is 20.9. The molecule has 44 heavy (non-hydrogen) atoms. The Labute approximate surface area is 252 Å². The number of carbonyl (C=O) groups excluding carboxylic acids is 1. The quantitative estimate of drug-likeness (QED) is 0.204. The number of hydrogen-bond acceptors (Lipinski definition) is 6. The number of alkyl halides is 3. The van der Waals surface area contributed by atoms with E-state index in [1.807, 2.05) is 0 Å². The summed E-state index contributed by atoms with van der Waals surface area (Å²) in [4.78, 5) is 17.9. The minimum atomic E-state index is -4.54. The summed E-state index contributed by atoms with van der Waals surface area (Å²) in [6, 6.07) is 16.8. The molecule has 1 atom stereocenters. The van der Waals surface area contributed by atoms with Crippen LogP contribution in [0, 0.1) is 0 Å². The number of anilines is 1. The summed E-state index contributed by atoms with van der Waals surface area (Å²) in [5, 5.41) is 11.8. The largest absolute Gasteiger partial charge is 0.508 e. The number of amides is 1. The molecule has 0 radical (unpaired) electrons. The van der Waals surface area contributed by atoms with Crippen molar-refractivity contribution >= 4 is 32.5 Å². The summed E-state index contributed by atoms with van der Waals surface area (Å²) in [5.41, 5.74) is 0.915. The molecule has 3 aromatic carbocycles. The van der Waals surface area contributed by atoms with Crippen molar-refractivity contribution in [1.29, 1.82) is 0 Å². The average Bonchev–Trinajstić information content (AvgIpc) is 3.54. The number of methoxy groups -OCH3 is 1. The molecule has 8 nitrogen and oxygen atoms in total. The molecular formula is C32H28F3N3O5S. The number of rotatable bonds is 10. The smallest absolute Gasteiger partial charge is 0.416 e. The van der Waals surface area contributed by atoms with Gasteiger partial charge in [-0.25, -0.2) is 13.4 Å². The fraction of sp³-hybridized carbons (Fsp3) is 0.188. The number of hydrogen-bond donors (Lipinski definition) is 3. The highest BCUT2D eigenvalue weighted by Crippen LogP contribution is 2.34. The van der Waals surface area contributed by atoms with E-state index >= 15 is 0 Å². The molecule has 1 aliphatic rings. The molecule has 0 saturated carbocycles. The third kappa shape index (κ3) is 7.09. The number of benzene rings is 3. The highest BCUT2D eigenvalue weighted by atomic mass is 32.2. The minimum Gasteiger partial charge on any atom is -0.508 e. The van der Waals surface area contributed by atoms with Crippen LogP contribution in [0.5, 0.6) is 5.75 Å². The minimum absolute atomic E-state index is 0.0458. The van der Waals surface area contributed by atoms with Gasteiger partial charge >= 0.3 is 6.18 Å². The van der Waals surface area contributed by atoms with Crippen LogP contribution < -0.4 is 10.0 Å². The van der Waals surface area contributed by atoms with Crippen molar-refractivity contribution in [1.82, 2.24) is 10.3 Å². The number of aromatic nitrogens is 1. The molecule has 0 spiro atoms. The molecule has 3 N–H and O–H groups in total. The normalized spacial score (nSPS) is 14.2. The van der Waals surface area contributed by atoms with Crippen LogP contribution in [-0.4, -0.2) is 49.4 Å². The number of ether oxygens (including phenoxy) is 1. The van der Waals surface area contributed by atoms with E-state index < -0.39 is 39.0 Å². The van der Waals surface area contributed by atoms with E-state index in [9.17, 15) is 31.5 Å². The summed E-state index contributed by atoms with van der Waals surface area (Å²) in [6.07, 6.45) is 2.03. The highest BCUT2D eigenvalue weighted by Gasteiger charge is 2.30. The van der Waals surface area contributed by atoms with Gasteiger partial charge in [0.1, 0.15) is 16.7 Å². The molecule has 0 aliphatic heterocycles. The van der Waals surface area contributed by atoms with E-state index in [-0.39, 0.29) is 34.8 Å². The molecule has 0 unspecified atom stereocenters. The van der Waals surface area contributed by atoms with E-state index in [1.165, 1.54) is 61.7 Å². The molecular weight excluding hydrogens is 595 g/mol. The van der Waals surface area contributed by atoms with Crippen molar-refractivity contribution in [2.24, 2.45) is 0 Å². The van der Waals surface area contributed by atoms with Crippen molar-refractivity contribution in [2.75, 3.05) is 18.4 Å². The number of carbonyl (C=O) groups is 1. The van der Waals surface area contributed by atoms with Gasteiger partial charge in [-0.15, -0.1) is 0 Å². The lowest BCUT2D eigenvalue weighted by molar-refractivity contribution is -0.137. The summed E-state index contributed by atoms with van der Waals surface area (Å²) in [5.74, 6) is -0.480.